The van der Waals surface area contributed by atoms with Crippen LogP contribution in [0, 0.1) is 28.6 Å². The van der Waals surface area contributed by atoms with Gasteiger partial charge in [0, 0.05) is 29.2 Å². The maximum absolute atomic E-state index is 11.0. The molecule has 4 bridgehead atoms. The zero-order chi connectivity index (χ0) is 22.9. The van der Waals surface area contributed by atoms with Crippen molar-refractivity contribution in [2.75, 3.05) is 0 Å². The molecule has 0 aromatic heterocycles. The van der Waals surface area contributed by atoms with E-state index in [1.807, 2.05) is 12.1 Å². The summed E-state index contributed by atoms with van der Waals surface area (Å²) in [4.78, 5) is 0. The summed E-state index contributed by atoms with van der Waals surface area (Å²) in [6.07, 6.45) is 3.10. The van der Waals surface area contributed by atoms with Gasteiger partial charge in [0.25, 0.3) is 0 Å². The van der Waals surface area contributed by atoms with Crippen molar-refractivity contribution in [3.8, 4) is 23.0 Å². The number of ether oxygens (including phenoxy) is 2. The van der Waals surface area contributed by atoms with Crippen molar-refractivity contribution < 1.29 is 19.7 Å². The van der Waals surface area contributed by atoms with Gasteiger partial charge in [-0.05, 0) is 83.9 Å². The molecule has 4 nitrogen and oxygen atoms in total. The Bertz CT molecular complexity index is 1290. The van der Waals surface area contributed by atoms with Gasteiger partial charge in [0.1, 0.15) is 28.6 Å². The van der Waals surface area contributed by atoms with Crippen molar-refractivity contribution in [3.63, 3.8) is 0 Å². The van der Waals surface area contributed by atoms with Crippen molar-refractivity contribution >= 4 is 0 Å². The van der Waals surface area contributed by atoms with Crippen molar-refractivity contribution in [2.24, 2.45) is 28.6 Å². The Morgan fingerprint density at radius 1 is 0.879 bits per heavy atom. The third-order valence-electron chi connectivity index (χ3n) is 11.1. The Morgan fingerprint density at radius 3 is 2.42 bits per heavy atom. The van der Waals surface area contributed by atoms with Crippen LogP contribution in [-0.2, 0) is 16.8 Å². The molecule has 1 spiro atoms. The molecule has 1 saturated heterocycles. The fourth-order valence-electron chi connectivity index (χ4n) is 10.1. The molecule has 0 radical (unpaired) electrons. The van der Waals surface area contributed by atoms with Crippen LogP contribution >= 0.6 is 0 Å². The summed E-state index contributed by atoms with van der Waals surface area (Å²) >= 11 is 0. The van der Waals surface area contributed by atoms with E-state index in [1.54, 1.807) is 12.1 Å². The number of rotatable bonds is 0. The van der Waals surface area contributed by atoms with Crippen LogP contribution in [0.3, 0.4) is 0 Å². The van der Waals surface area contributed by atoms with E-state index in [1.165, 1.54) is 11.1 Å². The minimum Gasteiger partial charge on any atom is -0.508 e. The van der Waals surface area contributed by atoms with E-state index in [0.717, 1.165) is 36.1 Å². The third kappa shape index (κ3) is 1.81. The first-order valence-corrected chi connectivity index (χ1v) is 12.6. The Balaban J connectivity index is 1.59. The quantitative estimate of drug-likeness (QED) is 0.498. The first-order chi connectivity index (χ1) is 15.5. The van der Waals surface area contributed by atoms with Gasteiger partial charge in [0.2, 0.25) is 0 Å². The van der Waals surface area contributed by atoms with Gasteiger partial charge in [-0.1, -0.05) is 27.7 Å². The van der Waals surface area contributed by atoms with Crippen molar-refractivity contribution in [3.05, 3.63) is 46.5 Å². The monoisotopic (exact) mass is 444 g/mol. The first-order valence-electron chi connectivity index (χ1n) is 12.6. The van der Waals surface area contributed by atoms with Gasteiger partial charge in [0.15, 0.2) is 0 Å². The Labute approximate surface area is 194 Å². The first kappa shape index (κ1) is 19.1. The molecular weight excluding hydrogens is 412 g/mol. The SMILES string of the molecule is CC1(C)C2[C@H]3C[C@]4(C)C[C@H]2[C@]2(O4)c4ccc(O)cc4Oc4cc(O)c5c(c4[C@H]12)[C@@H](C5)C3(C)C. The van der Waals surface area contributed by atoms with Crippen molar-refractivity contribution in [1.29, 1.82) is 0 Å². The summed E-state index contributed by atoms with van der Waals surface area (Å²) in [5, 5.41) is 21.4. The molecule has 2 saturated carbocycles. The van der Waals surface area contributed by atoms with E-state index < -0.39 is 5.60 Å². The summed E-state index contributed by atoms with van der Waals surface area (Å²) in [7, 11) is 0. The predicted molar refractivity (Wildman–Crippen MR) is 124 cm³/mol. The van der Waals surface area contributed by atoms with E-state index in [-0.39, 0.29) is 28.1 Å². The van der Waals surface area contributed by atoms with E-state index in [0.29, 0.717) is 35.2 Å². The maximum Gasteiger partial charge on any atom is 0.137 e. The average molecular weight is 445 g/mol. The molecule has 2 aromatic carbocycles. The van der Waals surface area contributed by atoms with E-state index in [9.17, 15) is 10.2 Å². The second-order valence-electron chi connectivity index (χ2n) is 13.3. The molecule has 8 rings (SSSR count). The van der Waals surface area contributed by atoms with Gasteiger partial charge in [-0.25, -0.2) is 0 Å². The van der Waals surface area contributed by atoms with Gasteiger partial charge in [0.05, 0.1) is 5.60 Å². The van der Waals surface area contributed by atoms with Crippen LogP contribution < -0.4 is 4.74 Å². The summed E-state index contributed by atoms with van der Waals surface area (Å²) in [5.41, 5.74) is 4.28. The highest BCUT2D eigenvalue weighted by atomic mass is 16.5. The van der Waals surface area contributed by atoms with Crippen LogP contribution in [0.4, 0.5) is 0 Å². The molecule has 33 heavy (non-hydrogen) atoms. The largest absolute Gasteiger partial charge is 0.508 e. The lowest BCUT2D eigenvalue weighted by Gasteiger charge is -2.59. The predicted octanol–water partition coefficient (Wildman–Crippen LogP) is 6.33. The number of hydrogen-bond acceptors (Lipinski definition) is 4. The van der Waals surface area contributed by atoms with Gasteiger partial charge < -0.3 is 19.7 Å². The van der Waals surface area contributed by atoms with Gasteiger partial charge in [-0.15, -0.1) is 0 Å². The Hall–Kier alpha value is -2.20. The van der Waals surface area contributed by atoms with Crippen LogP contribution in [0.15, 0.2) is 24.3 Å². The lowest BCUT2D eigenvalue weighted by molar-refractivity contribution is -0.148. The van der Waals surface area contributed by atoms with Gasteiger partial charge in [-0.3, -0.25) is 0 Å². The molecule has 2 aliphatic heterocycles. The van der Waals surface area contributed by atoms with Crippen molar-refractivity contribution in [2.45, 2.75) is 76.9 Å². The zero-order valence-corrected chi connectivity index (χ0v) is 20.0. The summed E-state index contributed by atoms with van der Waals surface area (Å²) in [5.74, 6) is 4.07. The highest BCUT2D eigenvalue weighted by Gasteiger charge is 2.78. The number of aromatic hydroxyl groups is 2. The van der Waals surface area contributed by atoms with Crippen LogP contribution in [0.1, 0.15) is 81.5 Å². The van der Waals surface area contributed by atoms with Gasteiger partial charge >= 0.3 is 0 Å². The second-order valence-corrected chi connectivity index (χ2v) is 13.3. The minimum atomic E-state index is -0.475. The molecular formula is C29H32O4. The normalized spacial score (nSPS) is 43.1. The topological polar surface area (TPSA) is 58.9 Å². The molecule has 4 aliphatic carbocycles. The smallest absolute Gasteiger partial charge is 0.137 e. The van der Waals surface area contributed by atoms with Crippen LogP contribution in [0.25, 0.3) is 0 Å². The fraction of sp³-hybridized carbons (Fsp3) is 0.586. The lowest BCUT2D eigenvalue weighted by Crippen LogP contribution is -2.53. The molecule has 1 unspecified atom stereocenters. The number of phenolic OH excluding ortho intramolecular Hbond substituents is 2. The van der Waals surface area contributed by atoms with Crippen molar-refractivity contribution in [1.82, 2.24) is 0 Å². The van der Waals surface area contributed by atoms with Crippen LogP contribution in [-0.4, -0.2) is 15.8 Å². The summed E-state index contributed by atoms with van der Waals surface area (Å²) in [6.45, 7) is 12.2. The zero-order valence-electron chi connectivity index (χ0n) is 20.0. The second kappa shape index (κ2) is 5.07. The minimum absolute atomic E-state index is 0.0112. The highest BCUT2D eigenvalue weighted by Crippen LogP contribution is 2.82. The molecule has 7 atom stereocenters. The van der Waals surface area contributed by atoms with Crippen LogP contribution in [0.2, 0.25) is 0 Å². The number of hydrogen-bond donors (Lipinski definition) is 2. The molecule has 2 heterocycles. The van der Waals surface area contributed by atoms with Gasteiger partial charge in [-0.2, -0.15) is 0 Å². The lowest BCUT2D eigenvalue weighted by atomic mass is 9.46. The Morgan fingerprint density at radius 2 is 1.64 bits per heavy atom. The van der Waals surface area contributed by atoms with E-state index in [2.05, 4.69) is 34.6 Å². The number of benzene rings is 2. The third-order valence-corrected chi connectivity index (χ3v) is 11.1. The molecule has 0 amide bonds. The molecule has 2 aromatic rings. The standard InChI is InChI=1S/C29H32O4/c1-26(2)16-9-14-19(31)10-21-23(22(14)16)25-27(3,4)24-17(26)11-28(5)12-18(24)29(25,33-28)15-7-6-13(30)8-20(15)32-21/h6-8,10,16-18,24-25,30-31H,9,11-12H2,1-5H3/t16-,17-,18-,24?,25-,28-,29-/m1/s1. The highest BCUT2D eigenvalue weighted by molar-refractivity contribution is 5.67. The summed E-state index contributed by atoms with van der Waals surface area (Å²) in [6, 6.07) is 7.42. The Kier molecular flexibility index (Phi) is 2.94. The molecule has 6 aliphatic rings. The molecule has 2 N–H and O–H groups in total. The molecule has 3 fully saturated rings. The number of phenols is 2. The molecule has 172 valence electrons. The molecule has 4 heteroatoms. The fourth-order valence-corrected chi connectivity index (χ4v) is 10.1. The number of fused-ring (bicyclic) bond motifs is 2. The van der Waals surface area contributed by atoms with E-state index in [4.69, 9.17) is 9.47 Å². The van der Waals surface area contributed by atoms with E-state index >= 15 is 0 Å². The maximum atomic E-state index is 11.0. The average Bonchev–Trinajstić information content (AvgIpc) is 2.95. The van der Waals surface area contributed by atoms with Crippen LogP contribution in [0.5, 0.6) is 23.0 Å². The summed E-state index contributed by atoms with van der Waals surface area (Å²) < 4.78 is 14.0.